The van der Waals surface area contributed by atoms with Crippen LogP contribution in [-0.2, 0) is 37.9 Å². The Bertz CT molecular complexity index is 416. The Morgan fingerprint density at radius 2 is 0.737 bits per heavy atom. The molecule has 0 spiro atoms. The quantitative estimate of drug-likeness (QED) is 0.116. The van der Waals surface area contributed by atoms with Gasteiger partial charge in [-0.25, -0.2) is 0 Å². The molecule has 38 heavy (non-hydrogen) atoms. The Labute approximate surface area is 233 Å². The van der Waals surface area contributed by atoms with Gasteiger partial charge in [0, 0.05) is 0 Å². The molecule has 9 heteroatoms. The van der Waals surface area contributed by atoms with Gasteiger partial charge in [0.15, 0.2) is 0 Å². The van der Waals surface area contributed by atoms with Gasteiger partial charge in [0.2, 0.25) is 0 Å². The van der Waals surface area contributed by atoms with E-state index in [1.165, 1.54) is 57.8 Å². The van der Waals surface area contributed by atoms with Crippen molar-refractivity contribution in [2.75, 3.05) is 106 Å². The molecule has 0 aliphatic heterocycles. The van der Waals surface area contributed by atoms with Crippen molar-refractivity contribution >= 4 is 0 Å². The lowest BCUT2D eigenvalue weighted by Crippen LogP contribution is -2.16. The highest BCUT2D eigenvalue weighted by Crippen LogP contribution is 2.12. The van der Waals surface area contributed by atoms with E-state index >= 15 is 0 Å². The summed E-state index contributed by atoms with van der Waals surface area (Å²) in [5, 5.41) is 8.57. The van der Waals surface area contributed by atoms with Crippen LogP contribution < -0.4 is 0 Å². The minimum atomic E-state index is 0.0347. The molecule has 230 valence electrons. The molecule has 0 aromatic heterocycles. The monoisotopic (exact) mass is 552 g/mol. The highest BCUT2D eigenvalue weighted by molar-refractivity contribution is 4.53. The molecule has 0 aromatic carbocycles. The van der Waals surface area contributed by atoms with Crippen LogP contribution in [-0.4, -0.2) is 117 Å². The molecule has 0 fully saturated rings. The Morgan fingerprint density at radius 3 is 1.11 bits per heavy atom. The molecule has 0 bridgehead atoms. The van der Waals surface area contributed by atoms with Crippen LogP contribution >= 0.6 is 0 Å². The summed E-state index contributed by atoms with van der Waals surface area (Å²) in [5.41, 5.74) is 0. The number of aliphatic hydroxyl groups is 1. The van der Waals surface area contributed by atoms with Gasteiger partial charge in [-0.2, -0.15) is 0 Å². The zero-order chi connectivity index (χ0) is 27.6. The highest BCUT2D eigenvalue weighted by atomic mass is 16.6. The maximum atomic E-state index is 8.57. The number of ether oxygens (including phenoxy) is 8. The second-order valence-electron chi connectivity index (χ2n) is 9.31. The third kappa shape index (κ3) is 33.7. The molecule has 0 rings (SSSR count). The summed E-state index contributed by atoms with van der Waals surface area (Å²) in [5.74, 6) is 0. The molecule has 0 amide bonds. The third-order valence-electron chi connectivity index (χ3n) is 5.81. The molecule has 0 aliphatic rings. The molecule has 1 N–H and O–H groups in total. The summed E-state index contributed by atoms with van der Waals surface area (Å²) in [6, 6.07) is 0. The first-order chi connectivity index (χ1) is 18.8. The van der Waals surface area contributed by atoms with Gasteiger partial charge in [-0.05, 0) is 13.3 Å². The van der Waals surface area contributed by atoms with Crippen molar-refractivity contribution in [2.24, 2.45) is 0 Å². The lowest BCUT2D eigenvalue weighted by atomic mass is 10.1. The van der Waals surface area contributed by atoms with Gasteiger partial charge in [-0.1, -0.05) is 64.7 Å². The second-order valence-corrected chi connectivity index (χ2v) is 9.31. The van der Waals surface area contributed by atoms with E-state index in [4.69, 9.17) is 43.0 Å². The molecule has 9 nitrogen and oxygen atoms in total. The summed E-state index contributed by atoms with van der Waals surface area (Å²) in [4.78, 5) is 0. The normalized spacial score (nSPS) is 12.4. The van der Waals surface area contributed by atoms with E-state index in [1.54, 1.807) is 0 Å². The molecule has 0 saturated heterocycles. The molecule has 0 radical (unpaired) electrons. The molecular weight excluding hydrogens is 492 g/mol. The average Bonchev–Trinajstić information content (AvgIpc) is 2.92. The molecule has 0 heterocycles. The van der Waals surface area contributed by atoms with Crippen molar-refractivity contribution in [3.05, 3.63) is 0 Å². The zero-order valence-corrected chi connectivity index (χ0v) is 24.7. The van der Waals surface area contributed by atoms with E-state index in [2.05, 4.69) is 13.8 Å². The fourth-order valence-corrected chi connectivity index (χ4v) is 3.62. The van der Waals surface area contributed by atoms with Gasteiger partial charge in [0.25, 0.3) is 0 Å². The number of unbranched alkanes of at least 4 members (excludes halogenated alkanes) is 8. The van der Waals surface area contributed by atoms with Crippen molar-refractivity contribution in [1.29, 1.82) is 0 Å². The number of rotatable bonds is 34. The minimum Gasteiger partial charge on any atom is -0.394 e. The molecule has 1 atom stereocenters. The zero-order valence-electron chi connectivity index (χ0n) is 24.7. The second kappa shape index (κ2) is 34.7. The number of hydrogen-bond donors (Lipinski definition) is 1. The lowest BCUT2D eigenvalue weighted by molar-refractivity contribution is -0.0276. The van der Waals surface area contributed by atoms with E-state index in [-0.39, 0.29) is 6.61 Å². The van der Waals surface area contributed by atoms with Gasteiger partial charge in [-0.3, -0.25) is 0 Å². The van der Waals surface area contributed by atoms with Crippen LogP contribution in [0.3, 0.4) is 0 Å². The Morgan fingerprint density at radius 1 is 0.421 bits per heavy atom. The largest absolute Gasteiger partial charge is 0.394 e. The van der Waals surface area contributed by atoms with Crippen LogP contribution in [0.25, 0.3) is 0 Å². The van der Waals surface area contributed by atoms with Gasteiger partial charge in [-0.15, -0.1) is 0 Å². The summed E-state index contributed by atoms with van der Waals surface area (Å²) in [6.07, 6.45) is 13.7. The fraction of sp³-hybridized carbons (Fsp3) is 1.00. The van der Waals surface area contributed by atoms with Crippen molar-refractivity contribution in [1.82, 2.24) is 0 Å². The molecule has 1 unspecified atom stereocenters. The molecule has 0 aliphatic carbocycles. The lowest BCUT2D eigenvalue weighted by Gasteiger charge is -2.13. The highest BCUT2D eigenvalue weighted by Gasteiger charge is 2.02. The van der Waals surface area contributed by atoms with Crippen LogP contribution in [0.15, 0.2) is 0 Å². The Balaban J connectivity index is 3.11. The fourth-order valence-electron chi connectivity index (χ4n) is 3.62. The van der Waals surface area contributed by atoms with Crippen LogP contribution in [0, 0.1) is 0 Å². The van der Waals surface area contributed by atoms with Gasteiger partial charge < -0.3 is 43.0 Å². The van der Waals surface area contributed by atoms with Gasteiger partial charge >= 0.3 is 0 Å². The van der Waals surface area contributed by atoms with E-state index in [0.717, 1.165) is 6.42 Å². The molecule has 0 saturated carbocycles. The van der Waals surface area contributed by atoms with Crippen molar-refractivity contribution < 1.29 is 43.0 Å². The maximum absolute atomic E-state index is 8.57. The SMILES string of the molecule is CCCCCCCCCCCC(C)OCCOCCOCCOCCOCCOCCOCCOCCO. The van der Waals surface area contributed by atoms with Gasteiger partial charge in [0.05, 0.1) is 112 Å². The standard InChI is InChI=1S/C29H60O9/c1-3-4-5-6-7-8-9-10-11-12-29(2)38-28-27-37-26-25-36-24-23-35-22-21-34-20-19-33-18-17-32-16-15-31-14-13-30/h29-30H,3-28H2,1-2H3. The first-order valence-electron chi connectivity index (χ1n) is 15.1. The molecular formula is C29H60O9. The molecule has 0 aromatic rings. The van der Waals surface area contributed by atoms with Crippen molar-refractivity contribution in [2.45, 2.75) is 84.2 Å². The van der Waals surface area contributed by atoms with Crippen molar-refractivity contribution in [3.63, 3.8) is 0 Å². The van der Waals surface area contributed by atoms with Crippen LogP contribution in [0.1, 0.15) is 78.1 Å². The topological polar surface area (TPSA) is 94.1 Å². The Kier molecular flexibility index (Phi) is 34.3. The van der Waals surface area contributed by atoms with E-state index in [1.807, 2.05) is 0 Å². The van der Waals surface area contributed by atoms with Crippen molar-refractivity contribution in [3.8, 4) is 0 Å². The maximum Gasteiger partial charge on any atom is 0.0704 e. The number of aliphatic hydroxyl groups excluding tert-OH is 1. The summed E-state index contributed by atoms with van der Waals surface area (Å²) in [6.45, 7) is 12.4. The van der Waals surface area contributed by atoms with Crippen LogP contribution in [0.2, 0.25) is 0 Å². The average molecular weight is 553 g/mol. The first kappa shape index (κ1) is 37.6. The van der Waals surface area contributed by atoms with Crippen LogP contribution in [0.4, 0.5) is 0 Å². The smallest absolute Gasteiger partial charge is 0.0704 e. The van der Waals surface area contributed by atoms with Crippen LogP contribution in [0.5, 0.6) is 0 Å². The van der Waals surface area contributed by atoms with E-state index < -0.39 is 0 Å². The summed E-state index contributed by atoms with van der Waals surface area (Å²) in [7, 11) is 0. The van der Waals surface area contributed by atoms with E-state index in [0.29, 0.717) is 105 Å². The third-order valence-corrected chi connectivity index (χ3v) is 5.81. The van der Waals surface area contributed by atoms with Gasteiger partial charge in [0.1, 0.15) is 0 Å². The number of hydrogen-bond acceptors (Lipinski definition) is 9. The minimum absolute atomic E-state index is 0.0347. The predicted molar refractivity (Wildman–Crippen MR) is 150 cm³/mol. The predicted octanol–water partition coefficient (Wildman–Crippen LogP) is 4.42. The Hall–Kier alpha value is -0.360. The first-order valence-corrected chi connectivity index (χ1v) is 15.1. The summed E-state index contributed by atoms with van der Waals surface area (Å²) >= 11 is 0. The summed E-state index contributed by atoms with van der Waals surface area (Å²) < 4.78 is 43.7. The van der Waals surface area contributed by atoms with E-state index in [9.17, 15) is 0 Å².